The van der Waals surface area contributed by atoms with Gasteiger partial charge >= 0.3 is 0 Å². The lowest BCUT2D eigenvalue weighted by atomic mass is 9.90. The predicted molar refractivity (Wildman–Crippen MR) is 111 cm³/mol. The van der Waals surface area contributed by atoms with E-state index in [2.05, 4.69) is 39.8 Å². The molecule has 0 aromatic heterocycles. The van der Waals surface area contributed by atoms with Gasteiger partial charge in [-0.3, -0.25) is 0 Å². The molecular formula is C23H40O4. The van der Waals surface area contributed by atoms with Crippen molar-refractivity contribution in [3.63, 3.8) is 0 Å². The fourth-order valence-electron chi connectivity index (χ4n) is 3.50. The Bertz CT molecular complexity index is 509. The maximum atomic E-state index is 6.05. The Labute approximate surface area is 166 Å². The Kier molecular flexibility index (Phi) is 10.4. The summed E-state index contributed by atoms with van der Waals surface area (Å²) in [5.41, 5.74) is 0.865. The van der Waals surface area contributed by atoms with E-state index in [0.29, 0.717) is 0 Å². The van der Waals surface area contributed by atoms with Crippen LogP contribution in [0.3, 0.4) is 0 Å². The molecule has 1 rings (SSSR count). The van der Waals surface area contributed by atoms with E-state index >= 15 is 0 Å². The Hall–Kier alpha value is -1.10. The molecule has 1 unspecified atom stereocenters. The molecule has 1 atom stereocenters. The van der Waals surface area contributed by atoms with Crippen LogP contribution < -0.4 is 4.74 Å². The summed E-state index contributed by atoms with van der Waals surface area (Å²) in [7, 11) is 4.91. The third-order valence-corrected chi connectivity index (χ3v) is 4.81. The molecule has 0 heterocycles. The standard InChI is InChI=1S/C23H40O4/c1-8-9-10-11-12-13-17-21(23(24-5,25-6)26-7)19-15-14-16-20(18-19)27-22(2,3)4/h14-16,18,21H,8-13,17H2,1-7H3. The molecule has 1 aromatic rings. The largest absolute Gasteiger partial charge is 0.488 e. The van der Waals surface area contributed by atoms with Gasteiger partial charge in [-0.2, -0.15) is 0 Å². The van der Waals surface area contributed by atoms with Crippen LogP contribution in [0.15, 0.2) is 24.3 Å². The van der Waals surface area contributed by atoms with Crippen molar-refractivity contribution in [1.29, 1.82) is 0 Å². The first kappa shape index (κ1) is 23.9. The number of methoxy groups -OCH3 is 3. The predicted octanol–water partition coefficient (Wildman–Crippen LogP) is 6.29. The van der Waals surface area contributed by atoms with Gasteiger partial charge in [0.2, 0.25) is 0 Å². The van der Waals surface area contributed by atoms with Crippen LogP contribution in [-0.4, -0.2) is 32.9 Å². The van der Waals surface area contributed by atoms with Crippen molar-refractivity contribution in [2.45, 2.75) is 90.1 Å². The van der Waals surface area contributed by atoms with Gasteiger partial charge in [0.05, 0.1) is 5.92 Å². The zero-order valence-electron chi connectivity index (χ0n) is 18.5. The summed E-state index contributed by atoms with van der Waals surface area (Å²) in [6.07, 6.45) is 8.41. The first-order valence-electron chi connectivity index (χ1n) is 10.3. The molecule has 0 fully saturated rings. The molecule has 0 bridgehead atoms. The minimum absolute atomic E-state index is 0.0350. The van der Waals surface area contributed by atoms with Crippen molar-refractivity contribution < 1.29 is 18.9 Å². The van der Waals surface area contributed by atoms with Crippen LogP contribution in [0, 0.1) is 0 Å². The molecule has 0 saturated heterocycles. The van der Waals surface area contributed by atoms with Gasteiger partial charge < -0.3 is 18.9 Å². The van der Waals surface area contributed by atoms with Crippen molar-refractivity contribution in [2.75, 3.05) is 21.3 Å². The minimum Gasteiger partial charge on any atom is -0.488 e. The van der Waals surface area contributed by atoms with E-state index < -0.39 is 5.97 Å². The van der Waals surface area contributed by atoms with Gasteiger partial charge in [-0.1, -0.05) is 57.6 Å². The van der Waals surface area contributed by atoms with Gasteiger partial charge in [0.15, 0.2) is 0 Å². The number of hydrogen-bond donors (Lipinski definition) is 0. The molecule has 4 nitrogen and oxygen atoms in total. The third kappa shape index (κ3) is 7.81. The van der Waals surface area contributed by atoms with Crippen molar-refractivity contribution in [2.24, 2.45) is 0 Å². The maximum Gasteiger partial charge on any atom is 0.289 e. The van der Waals surface area contributed by atoms with Crippen LogP contribution in [0.5, 0.6) is 5.75 Å². The molecule has 0 saturated carbocycles. The van der Waals surface area contributed by atoms with Gasteiger partial charge in [0, 0.05) is 21.3 Å². The van der Waals surface area contributed by atoms with Crippen LogP contribution >= 0.6 is 0 Å². The number of ether oxygens (including phenoxy) is 4. The third-order valence-electron chi connectivity index (χ3n) is 4.81. The SMILES string of the molecule is CCCCCCCCC(c1cccc(OC(C)(C)C)c1)C(OC)(OC)OC. The Balaban J connectivity index is 2.98. The highest BCUT2D eigenvalue weighted by molar-refractivity contribution is 5.32. The summed E-state index contributed by atoms with van der Waals surface area (Å²) in [5, 5.41) is 0. The van der Waals surface area contributed by atoms with Crippen LogP contribution in [-0.2, 0) is 14.2 Å². The van der Waals surface area contributed by atoms with Gasteiger partial charge in [0.25, 0.3) is 5.97 Å². The molecule has 4 heteroatoms. The van der Waals surface area contributed by atoms with E-state index in [4.69, 9.17) is 18.9 Å². The average molecular weight is 381 g/mol. The van der Waals surface area contributed by atoms with Crippen molar-refractivity contribution >= 4 is 0 Å². The molecule has 27 heavy (non-hydrogen) atoms. The van der Waals surface area contributed by atoms with E-state index in [0.717, 1.165) is 24.2 Å². The molecule has 0 aliphatic rings. The summed E-state index contributed by atoms with van der Waals surface area (Å²) in [6.45, 7) is 8.40. The highest BCUT2D eigenvalue weighted by Gasteiger charge is 2.41. The quantitative estimate of drug-likeness (QED) is 0.298. The molecule has 0 aliphatic carbocycles. The fourth-order valence-corrected chi connectivity index (χ4v) is 3.50. The topological polar surface area (TPSA) is 36.9 Å². The van der Waals surface area contributed by atoms with E-state index in [1.54, 1.807) is 21.3 Å². The number of benzene rings is 1. The lowest BCUT2D eigenvalue weighted by molar-refractivity contribution is -0.365. The number of hydrogen-bond acceptors (Lipinski definition) is 4. The van der Waals surface area contributed by atoms with Gasteiger partial charge in [-0.25, -0.2) is 0 Å². The second kappa shape index (κ2) is 11.7. The summed E-state index contributed by atoms with van der Waals surface area (Å²) < 4.78 is 23.2. The highest BCUT2D eigenvalue weighted by Crippen LogP contribution is 2.38. The molecule has 156 valence electrons. The Morgan fingerprint density at radius 2 is 1.44 bits per heavy atom. The average Bonchev–Trinajstić information content (AvgIpc) is 2.63. The Morgan fingerprint density at radius 3 is 2.00 bits per heavy atom. The van der Waals surface area contributed by atoms with Crippen LogP contribution in [0.4, 0.5) is 0 Å². The molecule has 0 aliphatic heterocycles. The smallest absolute Gasteiger partial charge is 0.289 e. The summed E-state index contributed by atoms with van der Waals surface area (Å²) in [4.78, 5) is 0. The van der Waals surface area contributed by atoms with Gasteiger partial charge in [0.1, 0.15) is 11.4 Å². The minimum atomic E-state index is -1.09. The van der Waals surface area contributed by atoms with E-state index in [1.165, 1.54) is 32.1 Å². The zero-order valence-corrected chi connectivity index (χ0v) is 18.5. The second-order valence-corrected chi connectivity index (χ2v) is 8.11. The lowest BCUT2D eigenvalue weighted by Crippen LogP contribution is -2.42. The van der Waals surface area contributed by atoms with Crippen molar-refractivity contribution in [3.05, 3.63) is 29.8 Å². The number of rotatable bonds is 13. The molecule has 0 radical (unpaired) electrons. The van der Waals surface area contributed by atoms with Crippen molar-refractivity contribution in [1.82, 2.24) is 0 Å². The van der Waals surface area contributed by atoms with Gasteiger partial charge in [-0.05, 0) is 44.9 Å². The molecule has 0 spiro atoms. The highest BCUT2D eigenvalue weighted by atomic mass is 16.9. The van der Waals surface area contributed by atoms with Gasteiger partial charge in [-0.15, -0.1) is 0 Å². The zero-order chi connectivity index (χ0) is 20.3. The maximum absolute atomic E-state index is 6.05. The first-order valence-corrected chi connectivity index (χ1v) is 10.3. The van der Waals surface area contributed by atoms with E-state index in [9.17, 15) is 0 Å². The fraction of sp³-hybridized carbons (Fsp3) is 0.739. The molecule has 1 aromatic carbocycles. The normalized spacial score (nSPS) is 13.6. The Morgan fingerprint density at radius 1 is 0.852 bits per heavy atom. The van der Waals surface area contributed by atoms with Crippen molar-refractivity contribution in [3.8, 4) is 5.75 Å². The summed E-state index contributed by atoms with van der Waals surface area (Å²) in [5.74, 6) is -0.276. The van der Waals surface area contributed by atoms with Crippen LogP contribution in [0.25, 0.3) is 0 Å². The monoisotopic (exact) mass is 380 g/mol. The van der Waals surface area contributed by atoms with Crippen LogP contribution in [0.2, 0.25) is 0 Å². The first-order chi connectivity index (χ1) is 12.8. The second-order valence-electron chi connectivity index (χ2n) is 8.11. The molecule has 0 N–H and O–H groups in total. The lowest BCUT2D eigenvalue weighted by Gasteiger charge is -2.37. The van der Waals surface area contributed by atoms with Crippen LogP contribution in [0.1, 0.15) is 84.1 Å². The summed E-state index contributed by atoms with van der Waals surface area (Å²) in [6, 6.07) is 8.20. The molecule has 0 amide bonds. The molecular weight excluding hydrogens is 340 g/mol. The summed E-state index contributed by atoms with van der Waals surface area (Å²) >= 11 is 0. The van der Waals surface area contributed by atoms with E-state index in [1.807, 2.05) is 12.1 Å². The number of unbranched alkanes of at least 4 members (excludes halogenated alkanes) is 5. The van der Waals surface area contributed by atoms with E-state index in [-0.39, 0.29) is 11.5 Å².